The molecule has 1 saturated carbocycles. The maximum atomic E-state index is 11.3. The van der Waals surface area contributed by atoms with Gasteiger partial charge in [-0.3, -0.25) is 4.79 Å². The molecule has 3 rings (SSSR count). The fourth-order valence-corrected chi connectivity index (χ4v) is 2.27. The summed E-state index contributed by atoms with van der Waals surface area (Å²) < 4.78 is 5.76. The largest absolute Gasteiger partial charge is 0.493 e. The first-order chi connectivity index (χ1) is 8.88. The van der Waals surface area contributed by atoms with Gasteiger partial charge < -0.3 is 4.74 Å². The summed E-state index contributed by atoms with van der Waals surface area (Å²) in [6.07, 6.45) is 4.67. The molecule has 0 atom stereocenters. The minimum Gasteiger partial charge on any atom is -0.493 e. The van der Waals surface area contributed by atoms with Crippen molar-refractivity contribution in [2.75, 3.05) is 6.61 Å². The van der Waals surface area contributed by atoms with E-state index in [0.29, 0.717) is 17.9 Å². The standard InChI is InChI=1S/C16H16O2/c17-11-15-14-4-2-1-3-13(14)7-8-16(15)18-10-9-12-5-6-12/h1-4,7-8,11-12H,5-6,9-10H2. The Labute approximate surface area is 107 Å². The summed E-state index contributed by atoms with van der Waals surface area (Å²) in [5.74, 6) is 1.56. The van der Waals surface area contributed by atoms with E-state index >= 15 is 0 Å². The van der Waals surface area contributed by atoms with Crippen molar-refractivity contribution < 1.29 is 9.53 Å². The van der Waals surface area contributed by atoms with Gasteiger partial charge in [-0.2, -0.15) is 0 Å². The summed E-state index contributed by atoms with van der Waals surface area (Å²) in [7, 11) is 0. The highest BCUT2D eigenvalue weighted by Gasteiger charge is 2.21. The summed E-state index contributed by atoms with van der Waals surface area (Å²) in [6.45, 7) is 0.712. The lowest BCUT2D eigenvalue weighted by Crippen LogP contribution is -2.01. The Kier molecular flexibility index (Phi) is 3.01. The zero-order chi connectivity index (χ0) is 12.4. The van der Waals surface area contributed by atoms with Crippen LogP contribution in [0.2, 0.25) is 0 Å². The van der Waals surface area contributed by atoms with E-state index in [1.807, 2.05) is 36.4 Å². The smallest absolute Gasteiger partial charge is 0.154 e. The quantitative estimate of drug-likeness (QED) is 0.742. The lowest BCUT2D eigenvalue weighted by Gasteiger charge is -2.10. The van der Waals surface area contributed by atoms with Crippen molar-refractivity contribution in [3.05, 3.63) is 42.0 Å². The predicted octanol–water partition coefficient (Wildman–Crippen LogP) is 3.83. The molecule has 0 spiro atoms. The van der Waals surface area contributed by atoms with Crippen LogP contribution in [0.5, 0.6) is 5.75 Å². The van der Waals surface area contributed by atoms with E-state index in [9.17, 15) is 4.79 Å². The number of carbonyl (C=O) groups excluding carboxylic acids is 1. The number of hydrogen-bond acceptors (Lipinski definition) is 2. The highest BCUT2D eigenvalue weighted by molar-refractivity contribution is 6.00. The third-order valence-electron chi connectivity index (χ3n) is 3.53. The number of fused-ring (bicyclic) bond motifs is 1. The second kappa shape index (κ2) is 4.81. The first-order valence-electron chi connectivity index (χ1n) is 6.48. The van der Waals surface area contributed by atoms with Crippen molar-refractivity contribution in [3.8, 4) is 5.75 Å². The average molecular weight is 240 g/mol. The summed E-state index contributed by atoms with van der Waals surface area (Å²) in [6, 6.07) is 11.8. The molecule has 2 aromatic rings. The molecule has 0 saturated heterocycles. The van der Waals surface area contributed by atoms with E-state index in [4.69, 9.17) is 4.74 Å². The summed E-state index contributed by atoms with van der Waals surface area (Å²) >= 11 is 0. The van der Waals surface area contributed by atoms with Gasteiger partial charge in [-0.15, -0.1) is 0 Å². The molecule has 0 N–H and O–H groups in total. The first kappa shape index (κ1) is 11.3. The normalized spacial score (nSPS) is 14.7. The molecule has 0 amide bonds. The highest BCUT2D eigenvalue weighted by atomic mass is 16.5. The Balaban J connectivity index is 1.87. The monoisotopic (exact) mass is 240 g/mol. The lowest BCUT2D eigenvalue weighted by atomic mass is 10.0. The topological polar surface area (TPSA) is 26.3 Å². The van der Waals surface area contributed by atoms with Gasteiger partial charge in [0, 0.05) is 0 Å². The van der Waals surface area contributed by atoms with Gasteiger partial charge in [0.15, 0.2) is 6.29 Å². The van der Waals surface area contributed by atoms with E-state index in [1.54, 1.807) is 0 Å². The van der Waals surface area contributed by atoms with Crippen LogP contribution in [0.3, 0.4) is 0 Å². The zero-order valence-electron chi connectivity index (χ0n) is 10.3. The molecule has 1 aliphatic rings. The van der Waals surface area contributed by atoms with Crippen LogP contribution >= 0.6 is 0 Å². The molecule has 18 heavy (non-hydrogen) atoms. The third kappa shape index (κ3) is 2.23. The van der Waals surface area contributed by atoms with Crippen molar-refractivity contribution in [2.45, 2.75) is 19.3 Å². The van der Waals surface area contributed by atoms with E-state index in [0.717, 1.165) is 29.4 Å². The van der Waals surface area contributed by atoms with Gasteiger partial charge in [0.25, 0.3) is 0 Å². The number of carbonyl (C=O) groups is 1. The maximum Gasteiger partial charge on any atom is 0.154 e. The second-order valence-corrected chi connectivity index (χ2v) is 4.90. The lowest BCUT2D eigenvalue weighted by molar-refractivity contribution is 0.112. The van der Waals surface area contributed by atoms with Crippen LogP contribution in [0.25, 0.3) is 10.8 Å². The molecule has 0 aliphatic heterocycles. The number of hydrogen-bond donors (Lipinski definition) is 0. The molecule has 0 heterocycles. The SMILES string of the molecule is O=Cc1c(OCCC2CC2)ccc2ccccc12. The predicted molar refractivity (Wildman–Crippen MR) is 72.2 cm³/mol. The summed E-state index contributed by atoms with van der Waals surface area (Å²) in [4.78, 5) is 11.3. The van der Waals surface area contributed by atoms with Crippen molar-refractivity contribution in [1.29, 1.82) is 0 Å². The number of aldehydes is 1. The van der Waals surface area contributed by atoms with Crippen molar-refractivity contribution >= 4 is 17.1 Å². The Morgan fingerprint density at radius 2 is 2.00 bits per heavy atom. The molecule has 0 aromatic heterocycles. The van der Waals surface area contributed by atoms with Crippen LogP contribution in [0, 0.1) is 5.92 Å². The summed E-state index contributed by atoms with van der Waals surface area (Å²) in [5, 5.41) is 2.05. The van der Waals surface area contributed by atoms with Gasteiger partial charge in [0.1, 0.15) is 5.75 Å². The van der Waals surface area contributed by atoms with Gasteiger partial charge in [0.05, 0.1) is 12.2 Å². The van der Waals surface area contributed by atoms with Gasteiger partial charge in [0.2, 0.25) is 0 Å². The second-order valence-electron chi connectivity index (χ2n) is 4.90. The number of rotatable bonds is 5. The van der Waals surface area contributed by atoms with Gasteiger partial charge in [-0.1, -0.05) is 43.2 Å². The zero-order valence-corrected chi connectivity index (χ0v) is 10.3. The van der Waals surface area contributed by atoms with Gasteiger partial charge >= 0.3 is 0 Å². The van der Waals surface area contributed by atoms with Crippen LogP contribution in [-0.2, 0) is 0 Å². The highest BCUT2D eigenvalue weighted by Crippen LogP contribution is 2.33. The molecule has 2 aromatic carbocycles. The molecule has 2 heteroatoms. The Morgan fingerprint density at radius 1 is 1.17 bits per heavy atom. The molecule has 0 radical (unpaired) electrons. The molecule has 1 aliphatic carbocycles. The minimum absolute atomic E-state index is 0.670. The first-order valence-corrected chi connectivity index (χ1v) is 6.48. The number of benzene rings is 2. The van der Waals surface area contributed by atoms with Gasteiger partial charge in [-0.05, 0) is 29.2 Å². The number of ether oxygens (including phenoxy) is 1. The Hall–Kier alpha value is -1.83. The Bertz CT molecular complexity index is 570. The molecule has 1 fully saturated rings. The molecular formula is C16H16O2. The average Bonchev–Trinajstić information content (AvgIpc) is 3.22. The van der Waals surface area contributed by atoms with Crippen molar-refractivity contribution in [2.24, 2.45) is 5.92 Å². The van der Waals surface area contributed by atoms with Crippen LogP contribution in [0.15, 0.2) is 36.4 Å². The van der Waals surface area contributed by atoms with Gasteiger partial charge in [-0.25, -0.2) is 0 Å². The Morgan fingerprint density at radius 3 is 2.78 bits per heavy atom. The minimum atomic E-state index is 0.670. The fourth-order valence-electron chi connectivity index (χ4n) is 2.27. The van der Waals surface area contributed by atoms with Crippen LogP contribution in [0.4, 0.5) is 0 Å². The van der Waals surface area contributed by atoms with E-state index in [1.165, 1.54) is 12.8 Å². The molecule has 92 valence electrons. The fraction of sp³-hybridized carbons (Fsp3) is 0.312. The molecular weight excluding hydrogens is 224 g/mol. The van der Waals surface area contributed by atoms with E-state index < -0.39 is 0 Å². The van der Waals surface area contributed by atoms with Crippen LogP contribution in [0.1, 0.15) is 29.6 Å². The maximum absolute atomic E-state index is 11.3. The van der Waals surface area contributed by atoms with E-state index in [-0.39, 0.29) is 0 Å². The van der Waals surface area contributed by atoms with Crippen molar-refractivity contribution in [3.63, 3.8) is 0 Å². The van der Waals surface area contributed by atoms with Crippen LogP contribution in [-0.4, -0.2) is 12.9 Å². The third-order valence-corrected chi connectivity index (χ3v) is 3.53. The molecule has 0 bridgehead atoms. The van der Waals surface area contributed by atoms with Crippen LogP contribution < -0.4 is 4.74 Å². The van der Waals surface area contributed by atoms with Crippen molar-refractivity contribution in [1.82, 2.24) is 0 Å². The van der Waals surface area contributed by atoms with E-state index in [2.05, 4.69) is 0 Å². The molecule has 2 nitrogen and oxygen atoms in total. The molecule has 0 unspecified atom stereocenters. The summed E-state index contributed by atoms with van der Waals surface area (Å²) in [5.41, 5.74) is 0.670.